The smallest absolute Gasteiger partial charge is 0.0374 e. The minimum absolute atomic E-state index is 0.149. The largest absolute Gasteiger partial charge is 0.370 e. The summed E-state index contributed by atoms with van der Waals surface area (Å²) in [5.41, 5.74) is 2.86. The first-order valence-electron chi connectivity index (χ1n) is 6.69. The molecule has 2 aromatic carbocycles. The van der Waals surface area contributed by atoms with Crippen LogP contribution >= 0.6 is 0 Å². The van der Waals surface area contributed by atoms with Gasteiger partial charge in [0.05, 0.1) is 0 Å². The maximum absolute atomic E-state index is 2.32. The second-order valence-electron chi connectivity index (χ2n) is 5.91. The molecule has 0 N–H and O–H groups in total. The van der Waals surface area contributed by atoms with E-state index in [1.165, 1.54) is 22.0 Å². The number of benzene rings is 2. The summed E-state index contributed by atoms with van der Waals surface area (Å²) < 4.78 is 0. The summed E-state index contributed by atoms with van der Waals surface area (Å²) in [5, 5.41) is 2.72. The van der Waals surface area contributed by atoms with Crippen LogP contribution in [0.4, 0.5) is 5.69 Å². The molecular weight excluding hydrogens is 218 g/mol. The number of nitrogens with zero attached hydrogens (tertiary/aromatic N) is 1. The van der Waals surface area contributed by atoms with E-state index in [1.54, 1.807) is 0 Å². The van der Waals surface area contributed by atoms with E-state index in [4.69, 9.17) is 0 Å². The van der Waals surface area contributed by atoms with Crippen molar-refractivity contribution in [1.29, 1.82) is 0 Å². The summed E-state index contributed by atoms with van der Waals surface area (Å²) in [4.78, 5) is 2.32. The Morgan fingerprint density at radius 2 is 1.78 bits per heavy atom. The lowest BCUT2D eigenvalue weighted by Gasteiger charge is -2.34. The van der Waals surface area contributed by atoms with E-state index in [9.17, 15) is 0 Å². The minimum Gasteiger partial charge on any atom is -0.370 e. The van der Waals surface area contributed by atoms with Crippen LogP contribution in [0, 0.1) is 0 Å². The summed E-state index contributed by atoms with van der Waals surface area (Å²) in [6, 6.07) is 13.4. The van der Waals surface area contributed by atoms with Crippen molar-refractivity contribution in [1.82, 2.24) is 0 Å². The molecule has 18 heavy (non-hydrogen) atoms. The third kappa shape index (κ3) is 2.35. The maximum Gasteiger partial charge on any atom is 0.0374 e. The van der Waals surface area contributed by atoms with Gasteiger partial charge in [0.15, 0.2) is 0 Å². The van der Waals surface area contributed by atoms with Crippen LogP contribution in [0.1, 0.15) is 33.3 Å². The van der Waals surface area contributed by atoms with Crippen LogP contribution in [-0.4, -0.2) is 12.6 Å². The van der Waals surface area contributed by atoms with Crippen molar-refractivity contribution in [3.63, 3.8) is 0 Å². The van der Waals surface area contributed by atoms with Crippen LogP contribution < -0.4 is 4.90 Å². The Morgan fingerprint density at radius 3 is 2.39 bits per heavy atom. The van der Waals surface area contributed by atoms with Gasteiger partial charge in [0.25, 0.3) is 0 Å². The molecule has 0 aromatic heterocycles. The van der Waals surface area contributed by atoms with Crippen LogP contribution in [0.2, 0.25) is 0 Å². The number of anilines is 1. The van der Waals surface area contributed by atoms with Gasteiger partial charge in [-0.15, -0.1) is 0 Å². The van der Waals surface area contributed by atoms with Crippen molar-refractivity contribution in [2.24, 2.45) is 0 Å². The maximum atomic E-state index is 2.32. The molecule has 0 bridgehead atoms. The Balaban J connectivity index is 2.52. The summed E-state index contributed by atoms with van der Waals surface area (Å²) in [7, 11) is 2.16. The van der Waals surface area contributed by atoms with E-state index in [2.05, 4.69) is 76.0 Å². The first kappa shape index (κ1) is 12.9. The molecule has 0 unspecified atom stereocenters. The quantitative estimate of drug-likeness (QED) is 0.740. The van der Waals surface area contributed by atoms with Crippen LogP contribution in [-0.2, 0) is 6.42 Å². The first-order chi connectivity index (χ1) is 8.43. The zero-order valence-electron chi connectivity index (χ0n) is 12.1. The van der Waals surface area contributed by atoms with Gasteiger partial charge in [-0.3, -0.25) is 0 Å². The third-order valence-corrected chi connectivity index (χ3v) is 3.73. The molecule has 2 rings (SSSR count). The molecule has 0 atom stereocenters. The number of hydrogen-bond acceptors (Lipinski definition) is 1. The van der Waals surface area contributed by atoms with Gasteiger partial charge in [-0.2, -0.15) is 0 Å². The van der Waals surface area contributed by atoms with Crippen LogP contribution in [0.15, 0.2) is 36.4 Å². The topological polar surface area (TPSA) is 3.24 Å². The van der Waals surface area contributed by atoms with E-state index >= 15 is 0 Å². The Kier molecular flexibility index (Phi) is 3.34. The molecular formula is C17H23N. The van der Waals surface area contributed by atoms with E-state index in [0.29, 0.717) is 0 Å². The third-order valence-electron chi connectivity index (χ3n) is 3.73. The fraction of sp³-hybridized carbons (Fsp3) is 0.412. The lowest BCUT2D eigenvalue weighted by atomic mass is 10.0. The van der Waals surface area contributed by atoms with Crippen molar-refractivity contribution in [2.45, 2.75) is 39.7 Å². The molecule has 0 amide bonds. The highest BCUT2D eigenvalue weighted by Crippen LogP contribution is 2.27. The zero-order chi connectivity index (χ0) is 13.3. The second-order valence-corrected chi connectivity index (χ2v) is 5.91. The molecule has 0 saturated carbocycles. The molecule has 0 aliphatic heterocycles. The molecule has 0 spiro atoms. The van der Waals surface area contributed by atoms with E-state index in [1.807, 2.05) is 0 Å². The lowest BCUT2D eigenvalue weighted by molar-refractivity contribution is 0.539. The highest BCUT2D eigenvalue weighted by Gasteiger charge is 2.17. The molecule has 1 heteroatoms. The highest BCUT2D eigenvalue weighted by molar-refractivity contribution is 5.88. The zero-order valence-corrected chi connectivity index (χ0v) is 12.1. The molecule has 0 aliphatic rings. The van der Waals surface area contributed by atoms with E-state index < -0.39 is 0 Å². The number of fused-ring (bicyclic) bond motifs is 1. The molecule has 0 saturated heterocycles. The Labute approximate surface area is 110 Å². The van der Waals surface area contributed by atoms with Gasteiger partial charge in [0.1, 0.15) is 0 Å². The number of aryl methyl sites for hydroxylation is 1. The average Bonchev–Trinajstić information content (AvgIpc) is 2.35. The van der Waals surface area contributed by atoms with Crippen LogP contribution in [0.5, 0.6) is 0 Å². The monoisotopic (exact) mass is 241 g/mol. The fourth-order valence-corrected chi connectivity index (χ4v) is 2.24. The van der Waals surface area contributed by atoms with Crippen LogP contribution in [0.3, 0.4) is 0 Å². The Bertz CT molecular complexity index is 549. The standard InChI is InChI=1S/C17H23N/c1-6-13-8-7-9-14-12-15(10-11-16(13)14)18(5)17(2,3)4/h7-12H,6H2,1-5H3. The van der Waals surface area contributed by atoms with Gasteiger partial charge in [0, 0.05) is 18.3 Å². The van der Waals surface area contributed by atoms with Crippen LogP contribution in [0.25, 0.3) is 10.8 Å². The molecule has 0 aliphatic carbocycles. The molecule has 96 valence electrons. The van der Waals surface area contributed by atoms with Gasteiger partial charge >= 0.3 is 0 Å². The number of rotatable bonds is 2. The number of hydrogen-bond donors (Lipinski definition) is 0. The summed E-state index contributed by atoms with van der Waals surface area (Å²) in [6.07, 6.45) is 1.09. The first-order valence-corrected chi connectivity index (χ1v) is 6.69. The van der Waals surface area contributed by atoms with Gasteiger partial charge in [0.2, 0.25) is 0 Å². The molecule has 1 nitrogen and oxygen atoms in total. The second kappa shape index (κ2) is 4.64. The summed E-state index contributed by atoms with van der Waals surface area (Å²) in [5.74, 6) is 0. The highest BCUT2D eigenvalue weighted by atomic mass is 15.2. The molecule has 0 radical (unpaired) electrons. The fourth-order valence-electron chi connectivity index (χ4n) is 2.24. The van der Waals surface area contributed by atoms with Gasteiger partial charge < -0.3 is 4.90 Å². The molecule has 0 heterocycles. The van der Waals surface area contributed by atoms with Gasteiger partial charge in [-0.1, -0.05) is 31.2 Å². The van der Waals surface area contributed by atoms with Crippen molar-refractivity contribution in [3.8, 4) is 0 Å². The predicted molar refractivity (Wildman–Crippen MR) is 81.5 cm³/mol. The minimum atomic E-state index is 0.149. The summed E-state index contributed by atoms with van der Waals surface area (Å²) >= 11 is 0. The summed E-state index contributed by atoms with van der Waals surface area (Å²) in [6.45, 7) is 8.92. The van der Waals surface area contributed by atoms with Crippen molar-refractivity contribution < 1.29 is 0 Å². The Hall–Kier alpha value is -1.50. The normalized spacial score (nSPS) is 11.8. The lowest BCUT2D eigenvalue weighted by Crippen LogP contribution is -2.37. The molecule has 0 fully saturated rings. The SMILES string of the molecule is CCc1cccc2cc(N(C)C(C)(C)C)ccc12. The van der Waals surface area contributed by atoms with Crippen molar-refractivity contribution in [3.05, 3.63) is 42.0 Å². The molecule has 2 aromatic rings. The Morgan fingerprint density at radius 1 is 1.06 bits per heavy atom. The predicted octanol–water partition coefficient (Wildman–Crippen LogP) is 4.64. The van der Waals surface area contributed by atoms with Crippen molar-refractivity contribution in [2.75, 3.05) is 11.9 Å². The van der Waals surface area contributed by atoms with Gasteiger partial charge in [-0.05, 0) is 55.7 Å². The van der Waals surface area contributed by atoms with E-state index in [-0.39, 0.29) is 5.54 Å². The van der Waals surface area contributed by atoms with Gasteiger partial charge in [-0.25, -0.2) is 0 Å². The average molecular weight is 241 g/mol. The van der Waals surface area contributed by atoms with E-state index in [0.717, 1.165) is 6.42 Å². The van der Waals surface area contributed by atoms with Crippen molar-refractivity contribution >= 4 is 16.5 Å².